The third-order valence-electron chi connectivity index (χ3n) is 4.63. The molecular weight excluding hydrogens is 372 g/mol. The van der Waals surface area contributed by atoms with Crippen LogP contribution in [0.5, 0.6) is 5.75 Å². The molecule has 2 amide bonds. The Morgan fingerprint density at radius 2 is 1.97 bits per heavy atom. The lowest BCUT2D eigenvalue weighted by molar-refractivity contribution is -0.129. The van der Waals surface area contributed by atoms with E-state index in [1.165, 1.54) is 9.58 Å². The topological polar surface area (TPSA) is 93.5 Å². The summed E-state index contributed by atoms with van der Waals surface area (Å²) < 4.78 is 7.12. The van der Waals surface area contributed by atoms with Crippen LogP contribution in [0.2, 0.25) is 0 Å². The van der Waals surface area contributed by atoms with Gasteiger partial charge in [0.2, 0.25) is 5.91 Å². The quantitative estimate of drug-likeness (QED) is 0.834. The Labute approximate surface area is 169 Å². The number of fused-ring (bicyclic) bond motifs is 1. The lowest BCUT2D eigenvalue weighted by Gasteiger charge is -2.34. The molecule has 0 bridgehead atoms. The first-order valence-corrected chi connectivity index (χ1v) is 9.70. The molecule has 1 unspecified atom stereocenters. The number of amides is 2. The van der Waals surface area contributed by atoms with Crippen molar-refractivity contribution in [1.82, 2.24) is 15.1 Å². The minimum Gasteiger partial charge on any atom is -0.478 e. The van der Waals surface area contributed by atoms with Crippen LogP contribution in [0.1, 0.15) is 48.9 Å². The van der Waals surface area contributed by atoms with E-state index in [1.807, 2.05) is 33.8 Å². The van der Waals surface area contributed by atoms with E-state index in [0.29, 0.717) is 23.4 Å². The van der Waals surface area contributed by atoms with Crippen LogP contribution in [0.3, 0.4) is 0 Å². The smallest absolute Gasteiger partial charge is 0.278 e. The zero-order valence-corrected chi connectivity index (χ0v) is 17.4. The molecule has 154 valence electrons. The molecule has 1 atom stereocenters. The largest absolute Gasteiger partial charge is 0.478 e. The summed E-state index contributed by atoms with van der Waals surface area (Å²) in [5, 5.41) is 7.02. The van der Waals surface area contributed by atoms with Gasteiger partial charge in [-0.3, -0.25) is 19.3 Å². The number of hydrogen-bond acceptors (Lipinski definition) is 5. The lowest BCUT2D eigenvalue weighted by Crippen LogP contribution is -2.50. The van der Waals surface area contributed by atoms with E-state index in [-0.39, 0.29) is 30.3 Å². The fraction of sp³-hybridized carbons (Fsp3) is 0.429. The van der Waals surface area contributed by atoms with Crippen LogP contribution in [-0.4, -0.2) is 46.2 Å². The molecule has 0 aliphatic carbocycles. The molecule has 2 aromatic rings. The first-order chi connectivity index (χ1) is 13.7. The number of carbonyl (C=O) groups is 3. The van der Waals surface area contributed by atoms with Gasteiger partial charge in [0.1, 0.15) is 12.3 Å². The van der Waals surface area contributed by atoms with Gasteiger partial charge in [0.05, 0.1) is 11.4 Å². The van der Waals surface area contributed by atoms with Crippen LogP contribution in [0.15, 0.2) is 24.3 Å². The summed E-state index contributed by atoms with van der Waals surface area (Å²) in [4.78, 5) is 39.5. The van der Waals surface area contributed by atoms with E-state index in [0.717, 1.165) is 11.4 Å². The van der Waals surface area contributed by atoms with Crippen LogP contribution in [-0.2, 0) is 9.59 Å². The monoisotopic (exact) mass is 398 g/mol. The standard InChI is InChI=1S/C21H26N4O4/c1-6-17-21(28)24(11-19(26)22-12(2)3)16-10-15(7-8-18(16)29-17)20(27)25-14(5)9-13(4)23-25/h7-10,12,17H,6,11H2,1-5H3,(H,22,26). The van der Waals surface area contributed by atoms with Gasteiger partial charge < -0.3 is 10.1 Å². The number of carbonyl (C=O) groups excluding carboxylic acids is 3. The summed E-state index contributed by atoms with van der Waals surface area (Å²) in [5.41, 5.74) is 2.23. The predicted molar refractivity (Wildman–Crippen MR) is 108 cm³/mol. The van der Waals surface area contributed by atoms with Gasteiger partial charge in [-0.1, -0.05) is 6.92 Å². The highest BCUT2D eigenvalue weighted by molar-refractivity contribution is 6.05. The van der Waals surface area contributed by atoms with Gasteiger partial charge >= 0.3 is 0 Å². The number of nitrogens with zero attached hydrogens (tertiary/aromatic N) is 3. The normalized spacial score (nSPS) is 15.9. The van der Waals surface area contributed by atoms with Crippen LogP contribution >= 0.6 is 0 Å². The molecule has 0 fully saturated rings. The zero-order valence-electron chi connectivity index (χ0n) is 17.4. The van der Waals surface area contributed by atoms with Crippen LogP contribution < -0.4 is 15.0 Å². The highest BCUT2D eigenvalue weighted by Gasteiger charge is 2.35. The second-order valence-electron chi connectivity index (χ2n) is 7.49. The van der Waals surface area contributed by atoms with E-state index in [2.05, 4.69) is 10.4 Å². The average molecular weight is 398 g/mol. The van der Waals surface area contributed by atoms with Crippen molar-refractivity contribution < 1.29 is 19.1 Å². The number of aromatic nitrogens is 2. The first kappa shape index (κ1) is 20.6. The number of nitrogens with one attached hydrogen (secondary N) is 1. The van der Waals surface area contributed by atoms with Gasteiger partial charge in [-0.15, -0.1) is 0 Å². The number of benzene rings is 1. The Kier molecular flexibility index (Phi) is 5.72. The summed E-state index contributed by atoms with van der Waals surface area (Å²) in [6.07, 6.45) is -0.181. The molecule has 0 spiro atoms. The first-order valence-electron chi connectivity index (χ1n) is 9.70. The van der Waals surface area contributed by atoms with Gasteiger partial charge in [0.25, 0.3) is 11.8 Å². The summed E-state index contributed by atoms with van der Waals surface area (Å²) in [5.74, 6) is -0.408. The molecule has 8 nitrogen and oxygen atoms in total. The van der Waals surface area contributed by atoms with Gasteiger partial charge in [-0.25, -0.2) is 4.68 Å². The second kappa shape index (κ2) is 8.06. The third-order valence-corrected chi connectivity index (χ3v) is 4.63. The molecule has 0 saturated carbocycles. The molecule has 0 radical (unpaired) electrons. The van der Waals surface area contributed by atoms with Crippen molar-refractivity contribution in [3.8, 4) is 5.75 Å². The van der Waals surface area contributed by atoms with Crippen molar-refractivity contribution in [3.05, 3.63) is 41.2 Å². The SMILES string of the molecule is CCC1Oc2ccc(C(=O)n3nc(C)cc3C)cc2N(CC(=O)NC(C)C)C1=O. The number of hydrogen-bond donors (Lipinski definition) is 1. The van der Waals surface area contributed by atoms with E-state index >= 15 is 0 Å². The number of rotatable bonds is 5. The Morgan fingerprint density at radius 3 is 2.55 bits per heavy atom. The second-order valence-corrected chi connectivity index (χ2v) is 7.49. The molecule has 1 aromatic carbocycles. The maximum Gasteiger partial charge on any atom is 0.278 e. The summed E-state index contributed by atoms with van der Waals surface area (Å²) in [6.45, 7) is 9.04. The van der Waals surface area contributed by atoms with E-state index in [4.69, 9.17) is 4.74 Å². The Bertz CT molecular complexity index is 964. The highest BCUT2D eigenvalue weighted by Crippen LogP contribution is 2.35. The summed E-state index contributed by atoms with van der Waals surface area (Å²) in [7, 11) is 0. The van der Waals surface area contributed by atoms with Gasteiger partial charge in [0.15, 0.2) is 6.10 Å². The molecule has 1 aliphatic rings. The summed E-state index contributed by atoms with van der Waals surface area (Å²) in [6, 6.07) is 6.67. The molecule has 29 heavy (non-hydrogen) atoms. The minimum atomic E-state index is -0.660. The van der Waals surface area contributed by atoms with Crippen molar-refractivity contribution >= 4 is 23.4 Å². The minimum absolute atomic E-state index is 0.0426. The maximum atomic E-state index is 12.9. The third kappa shape index (κ3) is 4.16. The van der Waals surface area contributed by atoms with Crippen molar-refractivity contribution in [3.63, 3.8) is 0 Å². The number of ether oxygens (including phenoxy) is 1. The molecular formula is C21H26N4O4. The molecule has 3 rings (SSSR count). The van der Waals surface area contributed by atoms with Crippen LogP contribution in [0, 0.1) is 13.8 Å². The van der Waals surface area contributed by atoms with Gasteiger partial charge in [-0.05, 0) is 58.4 Å². The number of anilines is 1. The van der Waals surface area contributed by atoms with Gasteiger partial charge in [-0.2, -0.15) is 5.10 Å². The van der Waals surface area contributed by atoms with Crippen molar-refractivity contribution in [2.75, 3.05) is 11.4 Å². The van der Waals surface area contributed by atoms with Crippen LogP contribution in [0.25, 0.3) is 0 Å². The summed E-state index contributed by atoms with van der Waals surface area (Å²) >= 11 is 0. The highest BCUT2D eigenvalue weighted by atomic mass is 16.5. The van der Waals surface area contributed by atoms with Crippen molar-refractivity contribution in [1.29, 1.82) is 0 Å². The van der Waals surface area contributed by atoms with E-state index in [9.17, 15) is 14.4 Å². The molecule has 0 saturated heterocycles. The lowest BCUT2D eigenvalue weighted by atomic mass is 10.1. The fourth-order valence-corrected chi connectivity index (χ4v) is 3.35. The maximum absolute atomic E-state index is 12.9. The Balaban J connectivity index is 1.98. The van der Waals surface area contributed by atoms with E-state index in [1.54, 1.807) is 25.1 Å². The molecule has 1 N–H and O–H groups in total. The predicted octanol–water partition coefficient (Wildman–Crippen LogP) is 2.22. The molecule has 1 aliphatic heterocycles. The molecule has 2 heterocycles. The Morgan fingerprint density at radius 1 is 1.24 bits per heavy atom. The Hall–Kier alpha value is -3.16. The molecule has 8 heteroatoms. The van der Waals surface area contributed by atoms with Crippen molar-refractivity contribution in [2.24, 2.45) is 0 Å². The fourth-order valence-electron chi connectivity index (χ4n) is 3.35. The molecule has 1 aromatic heterocycles. The van der Waals surface area contributed by atoms with Crippen LogP contribution in [0.4, 0.5) is 5.69 Å². The number of aryl methyl sites for hydroxylation is 2. The zero-order chi connectivity index (χ0) is 21.3. The van der Waals surface area contributed by atoms with Crippen molar-refractivity contribution in [2.45, 2.75) is 53.2 Å². The van der Waals surface area contributed by atoms with E-state index < -0.39 is 6.10 Å². The van der Waals surface area contributed by atoms with Gasteiger partial charge in [0, 0.05) is 17.3 Å². The average Bonchev–Trinajstić information content (AvgIpc) is 3.00.